The van der Waals surface area contributed by atoms with Crippen molar-refractivity contribution in [3.05, 3.63) is 29.3 Å². The summed E-state index contributed by atoms with van der Waals surface area (Å²) in [6, 6.07) is 3.95. The lowest BCUT2D eigenvalue weighted by Crippen LogP contribution is -2.61. The highest BCUT2D eigenvalue weighted by atomic mass is 32.1. The summed E-state index contributed by atoms with van der Waals surface area (Å²) in [5.41, 5.74) is 0.232. The number of ether oxygens (including phenoxy) is 5. The number of anilines is 1. The number of nitrogens with zero attached hydrogens (tertiary/aromatic N) is 5. The van der Waals surface area contributed by atoms with Crippen molar-refractivity contribution in [2.24, 2.45) is 33.6 Å². The third kappa shape index (κ3) is 12.6. The number of hydrogen-bond donors (Lipinski definition) is 4. The Morgan fingerprint density at radius 1 is 1.10 bits per heavy atom. The molecule has 68 heavy (non-hydrogen) atoms. The van der Waals surface area contributed by atoms with Gasteiger partial charge in [-0.1, -0.05) is 45.8 Å². The maximum Gasteiger partial charge on any atom is 0.351 e. The van der Waals surface area contributed by atoms with E-state index in [0.717, 1.165) is 6.92 Å². The Bertz CT molecular complexity index is 2170. The average molecular weight is 976 g/mol. The minimum atomic E-state index is -3.25. The summed E-state index contributed by atoms with van der Waals surface area (Å²) >= 11 is 1.29. The highest BCUT2D eigenvalue weighted by Gasteiger charge is 2.57. The van der Waals surface area contributed by atoms with Crippen LogP contribution in [0.3, 0.4) is 0 Å². The summed E-state index contributed by atoms with van der Waals surface area (Å²) in [7, 11) is 3.62. The van der Waals surface area contributed by atoms with Gasteiger partial charge in [0, 0.05) is 35.4 Å². The summed E-state index contributed by atoms with van der Waals surface area (Å²) in [6.07, 6.45) is -6.67. The lowest BCUT2D eigenvalue weighted by Gasteiger charge is -2.47. The fourth-order valence-corrected chi connectivity index (χ4v) is 9.97. The van der Waals surface area contributed by atoms with Crippen molar-refractivity contribution in [3.63, 3.8) is 0 Å². The van der Waals surface area contributed by atoms with Crippen molar-refractivity contribution in [2.75, 3.05) is 32.6 Å². The standard InChI is InChI=1S/C47H70FN7O12S/c1-13-33-47(10,61)40-26(5)36(53-35(56)14-2)24(3)19-45(8,39(27(6)38(58)46(9,48)44(60)66-33)67-43-37(57)32(55(11)12)18-25(4)65-43)63-21-29(20-62-40)54-64-22-30-23-68-42(50-30)31-16-15-17-34(51-31)52-41(59)28(7)49/h15-17,23-28,32-33,37,39-40,43,57,61H,13-14,18-22,49H2,1-12H3,(H,51,52,59)/b53-36+,54-29+/t24-,25-,26+,27+,28+,32+,33-,37-,39-,40-,43+,45-,46+,47-/m1/s1. The summed E-state index contributed by atoms with van der Waals surface area (Å²) in [6.45, 7) is 14.7. The number of amides is 2. The van der Waals surface area contributed by atoms with Crippen LogP contribution in [0, 0.1) is 17.8 Å². The van der Waals surface area contributed by atoms with E-state index >= 15 is 4.39 Å². The van der Waals surface area contributed by atoms with E-state index in [2.05, 4.69) is 25.4 Å². The first-order valence-corrected chi connectivity index (χ1v) is 24.1. The molecular weight excluding hydrogens is 906 g/mol. The summed E-state index contributed by atoms with van der Waals surface area (Å²) in [4.78, 5) is 75.4. The zero-order valence-corrected chi connectivity index (χ0v) is 42.0. The molecule has 14 atom stereocenters. The number of hydrogen-bond acceptors (Lipinski definition) is 18. The zero-order valence-electron chi connectivity index (χ0n) is 41.2. The summed E-state index contributed by atoms with van der Waals surface area (Å²) in [5, 5.41) is 33.6. The number of oxime groups is 1. The maximum atomic E-state index is 17.0. The number of Topliss-reactive ketones (excluding diaryl/α,β-unsaturated/α-hetero) is 1. The third-order valence-electron chi connectivity index (χ3n) is 13.0. The van der Waals surface area contributed by atoms with Gasteiger partial charge >= 0.3 is 5.97 Å². The molecule has 19 nitrogen and oxygen atoms in total. The molecule has 3 aliphatic heterocycles. The molecule has 2 amide bonds. The van der Waals surface area contributed by atoms with Crippen LogP contribution in [0.15, 0.2) is 33.7 Å². The molecular formula is C47H70FN7O12S. The number of aliphatic hydroxyl groups is 2. The predicted molar refractivity (Wildman–Crippen MR) is 251 cm³/mol. The molecule has 3 fully saturated rings. The molecule has 21 heteroatoms. The minimum absolute atomic E-state index is 0.0235. The van der Waals surface area contributed by atoms with Crippen LogP contribution in [0.5, 0.6) is 0 Å². The SMILES string of the molecule is CCC(=O)/N=C1\[C@H](C)C[C@@]2(C)OC/C(=N/OCc3csc(-c4cccc(NC(=O)[C@H](C)N)n4)n3)CO[C@H]([C@H]1C)[C@](C)(O)[C@@H](CC)OC(=O)[C@@](C)(F)C(=O)[C@H](C)[C@H]2O[C@@H]1O[C@H](C)C[C@H](N(C)C)[C@H]1O. The van der Waals surface area contributed by atoms with Gasteiger partial charge < -0.3 is 54.7 Å². The summed E-state index contributed by atoms with van der Waals surface area (Å²) in [5.74, 6) is -6.25. The Kier molecular flexibility index (Phi) is 18.3. The predicted octanol–water partition coefficient (Wildman–Crippen LogP) is 4.41. The molecule has 3 aliphatic rings. The van der Waals surface area contributed by atoms with Gasteiger partial charge in [-0.25, -0.2) is 24.1 Å². The monoisotopic (exact) mass is 975 g/mol. The molecule has 2 aromatic rings. The van der Waals surface area contributed by atoms with Crippen molar-refractivity contribution >= 4 is 52.1 Å². The molecule has 378 valence electrons. The highest BCUT2D eigenvalue weighted by molar-refractivity contribution is 7.13. The van der Waals surface area contributed by atoms with Crippen LogP contribution in [-0.2, 0) is 54.3 Å². The van der Waals surface area contributed by atoms with Crippen LogP contribution in [-0.4, -0.2) is 153 Å². The van der Waals surface area contributed by atoms with Crippen molar-refractivity contribution in [1.82, 2.24) is 14.9 Å². The van der Waals surface area contributed by atoms with Crippen molar-refractivity contribution < 1.29 is 62.3 Å². The number of halogens is 1. The molecule has 0 unspecified atom stereocenters. The number of thiazole rings is 1. The van der Waals surface area contributed by atoms with Gasteiger partial charge in [-0.05, 0) is 86.0 Å². The molecule has 5 heterocycles. The van der Waals surface area contributed by atoms with Gasteiger partial charge in [-0.2, -0.15) is 0 Å². The first-order valence-electron chi connectivity index (χ1n) is 23.2. The molecule has 0 spiro atoms. The average Bonchev–Trinajstić information content (AvgIpc) is 3.76. The maximum absolute atomic E-state index is 17.0. The van der Waals surface area contributed by atoms with Crippen LogP contribution in [0.2, 0.25) is 0 Å². The number of nitrogens with one attached hydrogen (secondary N) is 1. The minimum Gasteiger partial charge on any atom is -0.457 e. The largest absolute Gasteiger partial charge is 0.457 e. The molecule has 5 N–H and O–H groups in total. The van der Waals surface area contributed by atoms with Crippen molar-refractivity contribution in [2.45, 2.75) is 167 Å². The smallest absolute Gasteiger partial charge is 0.351 e. The molecule has 0 aliphatic carbocycles. The van der Waals surface area contributed by atoms with E-state index in [1.165, 1.54) is 25.2 Å². The van der Waals surface area contributed by atoms with Crippen LogP contribution in [0.25, 0.3) is 10.7 Å². The van der Waals surface area contributed by atoms with Crippen LogP contribution in [0.4, 0.5) is 10.2 Å². The van der Waals surface area contributed by atoms with E-state index in [4.69, 9.17) is 34.3 Å². The number of ketones is 1. The van der Waals surface area contributed by atoms with Crippen LogP contribution >= 0.6 is 11.3 Å². The van der Waals surface area contributed by atoms with Crippen LogP contribution in [0.1, 0.15) is 101 Å². The Morgan fingerprint density at radius 3 is 2.46 bits per heavy atom. The number of likely N-dealkylation sites (N-methyl/N-ethyl adjacent to an activating group) is 1. The number of carbonyl (C=O) groups is 4. The third-order valence-corrected chi connectivity index (χ3v) is 13.9. The van der Waals surface area contributed by atoms with E-state index in [1.54, 1.807) is 58.2 Å². The van der Waals surface area contributed by atoms with Gasteiger partial charge in [0.1, 0.15) is 40.0 Å². The number of aromatic nitrogens is 2. The van der Waals surface area contributed by atoms with Gasteiger partial charge in [-0.3, -0.25) is 14.4 Å². The van der Waals surface area contributed by atoms with Gasteiger partial charge in [0.05, 0.1) is 48.9 Å². The molecule has 0 radical (unpaired) electrons. The molecule has 5 rings (SSSR count). The number of fused-ring (bicyclic) bond motifs is 5. The second-order valence-corrected chi connectivity index (χ2v) is 19.9. The number of nitrogens with two attached hydrogens (primary N) is 1. The number of aliphatic imine (C=N–C) groups is 1. The Labute approximate surface area is 401 Å². The number of aliphatic hydroxyl groups excluding tert-OH is 1. The number of cyclic esters (lactones) is 1. The number of esters is 1. The van der Waals surface area contributed by atoms with E-state index in [1.807, 2.05) is 32.8 Å². The lowest BCUT2D eigenvalue weighted by atomic mass is 9.73. The first kappa shape index (κ1) is 54.7. The fraction of sp³-hybridized carbons (Fsp3) is 0.702. The first-order chi connectivity index (χ1) is 31.8. The second kappa shape index (κ2) is 22.7. The van der Waals surface area contributed by atoms with Crippen molar-refractivity contribution in [1.29, 1.82) is 0 Å². The van der Waals surface area contributed by atoms with Gasteiger partial charge in [-0.15, -0.1) is 11.3 Å². The molecule has 0 saturated carbocycles. The second-order valence-electron chi connectivity index (χ2n) is 19.1. The fourth-order valence-electron chi connectivity index (χ4n) is 9.19. The van der Waals surface area contributed by atoms with E-state index in [9.17, 15) is 29.4 Å². The topological polar surface area (TPSA) is 256 Å². The number of pyridine rings is 1. The van der Waals surface area contributed by atoms with E-state index in [0.29, 0.717) is 34.3 Å². The number of carbonyl (C=O) groups excluding carboxylic acids is 4. The Morgan fingerprint density at radius 2 is 1.81 bits per heavy atom. The Hall–Kier alpha value is -4.19. The lowest BCUT2D eigenvalue weighted by molar-refractivity contribution is -0.296. The molecule has 3 saturated heterocycles. The molecule has 2 aromatic heterocycles. The molecule has 0 aromatic carbocycles. The quantitative estimate of drug-likeness (QED) is 0.138. The highest BCUT2D eigenvalue weighted by Crippen LogP contribution is 2.41. The zero-order chi connectivity index (χ0) is 50.5. The molecule has 2 bridgehead atoms. The van der Waals surface area contributed by atoms with Gasteiger partial charge in [0.15, 0.2) is 18.7 Å². The van der Waals surface area contributed by atoms with E-state index < -0.39 is 107 Å². The van der Waals surface area contributed by atoms with Crippen molar-refractivity contribution in [3.8, 4) is 10.7 Å². The normalized spacial score (nSPS) is 36.1. The Balaban J connectivity index is 1.62. The van der Waals surface area contributed by atoms with Gasteiger partial charge in [0.25, 0.3) is 5.67 Å². The van der Waals surface area contributed by atoms with Gasteiger partial charge in [0.2, 0.25) is 11.8 Å². The van der Waals surface area contributed by atoms with Crippen LogP contribution < -0.4 is 11.1 Å². The number of rotatable bonds is 11. The van der Waals surface area contributed by atoms with E-state index in [-0.39, 0.29) is 44.8 Å². The number of alkyl halides is 1. The summed E-state index contributed by atoms with van der Waals surface area (Å²) < 4.78 is 49.0.